The van der Waals surface area contributed by atoms with Crippen LogP contribution >= 0.6 is 0 Å². The Bertz CT molecular complexity index is 293. The Morgan fingerprint density at radius 3 is 2.31 bits per heavy atom. The summed E-state index contributed by atoms with van der Waals surface area (Å²) in [5, 5.41) is 19.1. The van der Waals surface area contributed by atoms with E-state index in [0.717, 1.165) is 0 Å². The lowest BCUT2D eigenvalue weighted by molar-refractivity contribution is -0.0706. The number of hydrogen-bond donors (Lipinski definition) is 2. The van der Waals surface area contributed by atoms with Crippen molar-refractivity contribution in [2.45, 2.75) is 25.9 Å². The molecule has 0 amide bonds. The predicted molar refractivity (Wildman–Crippen MR) is 49.1 cm³/mol. The Labute approximate surface area is 78.5 Å². The first-order chi connectivity index (χ1) is 5.72. The summed E-state index contributed by atoms with van der Waals surface area (Å²) in [7, 11) is -3.11. The molecule has 1 rings (SSSR count). The van der Waals surface area contributed by atoms with Gasteiger partial charge in [-0.3, -0.25) is 0 Å². The maximum atomic E-state index is 11.2. The Balaban J connectivity index is 2.93. The van der Waals surface area contributed by atoms with Gasteiger partial charge in [-0.2, -0.15) is 0 Å². The molecule has 1 unspecified atom stereocenters. The van der Waals surface area contributed by atoms with Gasteiger partial charge in [0.1, 0.15) is 0 Å². The summed E-state index contributed by atoms with van der Waals surface area (Å²) >= 11 is 0. The van der Waals surface area contributed by atoms with Crippen LogP contribution < -0.4 is 0 Å². The molecule has 0 aliphatic carbocycles. The minimum absolute atomic E-state index is 0.0208. The normalized spacial score (nSPS) is 33.5. The predicted octanol–water partition coefficient (Wildman–Crippen LogP) is -0.446. The van der Waals surface area contributed by atoms with Crippen LogP contribution in [0.4, 0.5) is 0 Å². The lowest BCUT2D eigenvalue weighted by Gasteiger charge is -2.37. The first-order valence-electron chi connectivity index (χ1n) is 4.26. The lowest BCUT2D eigenvalue weighted by atomic mass is 9.75. The third kappa shape index (κ3) is 1.87. The molecule has 0 bridgehead atoms. The van der Waals surface area contributed by atoms with Gasteiger partial charge >= 0.3 is 0 Å². The zero-order chi connectivity index (χ0) is 10.3. The van der Waals surface area contributed by atoms with Gasteiger partial charge in [-0.05, 0) is 6.42 Å². The Morgan fingerprint density at radius 1 is 1.46 bits per heavy atom. The minimum Gasteiger partial charge on any atom is -0.396 e. The molecule has 1 saturated heterocycles. The molecule has 1 fully saturated rings. The van der Waals surface area contributed by atoms with Gasteiger partial charge in [-0.1, -0.05) is 13.8 Å². The van der Waals surface area contributed by atoms with Crippen LogP contribution in [-0.4, -0.2) is 42.3 Å². The van der Waals surface area contributed by atoms with Crippen molar-refractivity contribution in [1.82, 2.24) is 0 Å². The highest BCUT2D eigenvalue weighted by molar-refractivity contribution is 7.91. The molecule has 1 heterocycles. The molecule has 2 N–H and O–H groups in total. The van der Waals surface area contributed by atoms with E-state index in [2.05, 4.69) is 0 Å². The van der Waals surface area contributed by atoms with Crippen molar-refractivity contribution in [3.05, 3.63) is 0 Å². The highest BCUT2D eigenvalue weighted by atomic mass is 32.2. The summed E-state index contributed by atoms with van der Waals surface area (Å²) in [5.74, 6) is -0.208. The van der Waals surface area contributed by atoms with Crippen LogP contribution in [-0.2, 0) is 9.84 Å². The second-order valence-electron chi connectivity index (χ2n) is 4.42. The molecule has 78 valence electrons. The fraction of sp³-hybridized carbons (Fsp3) is 1.00. The van der Waals surface area contributed by atoms with E-state index in [1.165, 1.54) is 0 Å². The summed E-state index contributed by atoms with van der Waals surface area (Å²) in [5.41, 5.74) is -2.02. The average Bonchev–Trinajstić information content (AvgIpc) is 2.27. The van der Waals surface area contributed by atoms with Gasteiger partial charge < -0.3 is 10.2 Å². The van der Waals surface area contributed by atoms with Crippen LogP contribution in [0.25, 0.3) is 0 Å². The molecule has 1 aliphatic rings. The highest BCUT2D eigenvalue weighted by Crippen LogP contribution is 2.38. The maximum absolute atomic E-state index is 11.2. The SMILES string of the molecule is CC(C)(CO)C1(O)CCS(=O)(=O)C1. The van der Waals surface area contributed by atoms with E-state index in [-0.39, 0.29) is 24.5 Å². The van der Waals surface area contributed by atoms with Crippen LogP contribution in [0.15, 0.2) is 0 Å². The maximum Gasteiger partial charge on any atom is 0.153 e. The fourth-order valence-corrected chi connectivity index (χ4v) is 3.57. The summed E-state index contributed by atoms with van der Waals surface area (Å²) in [6.45, 7) is 3.14. The standard InChI is InChI=1S/C8H16O4S/c1-7(2,5-9)8(10)3-4-13(11,12)6-8/h9-10H,3-6H2,1-2H3. The number of hydrogen-bond acceptors (Lipinski definition) is 4. The smallest absolute Gasteiger partial charge is 0.153 e. The average molecular weight is 208 g/mol. The van der Waals surface area contributed by atoms with E-state index in [0.29, 0.717) is 0 Å². The first kappa shape index (κ1) is 10.9. The van der Waals surface area contributed by atoms with Gasteiger partial charge in [0.15, 0.2) is 9.84 Å². The van der Waals surface area contributed by atoms with Gasteiger partial charge in [-0.15, -0.1) is 0 Å². The number of aliphatic hydroxyl groups excluding tert-OH is 1. The first-order valence-corrected chi connectivity index (χ1v) is 6.08. The van der Waals surface area contributed by atoms with Crippen molar-refractivity contribution in [2.75, 3.05) is 18.1 Å². The Hall–Kier alpha value is -0.130. The molecule has 0 aromatic carbocycles. The number of sulfone groups is 1. The molecular weight excluding hydrogens is 192 g/mol. The molecule has 1 aliphatic heterocycles. The van der Waals surface area contributed by atoms with Crippen LogP contribution in [0.5, 0.6) is 0 Å². The Kier molecular flexibility index (Phi) is 2.47. The van der Waals surface area contributed by atoms with Crippen LogP contribution in [0.3, 0.4) is 0 Å². The largest absolute Gasteiger partial charge is 0.396 e. The van der Waals surface area contributed by atoms with E-state index in [4.69, 9.17) is 5.11 Å². The van der Waals surface area contributed by atoms with Gasteiger partial charge in [0.2, 0.25) is 0 Å². The van der Waals surface area contributed by atoms with E-state index in [9.17, 15) is 13.5 Å². The Morgan fingerprint density at radius 2 is 2.00 bits per heavy atom. The van der Waals surface area contributed by atoms with Crippen LogP contribution in [0, 0.1) is 5.41 Å². The van der Waals surface area contributed by atoms with E-state index >= 15 is 0 Å². The monoisotopic (exact) mass is 208 g/mol. The van der Waals surface area contributed by atoms with Crippen molar-refractivity contribution in [1.29, 1.82) is 0 Å². The van der Waals surface area contributed by atoms with Crippen molar-refractivity contribution < 1.29 is 18.6 Å². The number of aliphatic hydroxyl groups is 2. The quantitative estimate of drug-likeness (QED) is 0.645. The van der Waals surface area contributed by atoms with Crippen molar-refractivity contribution in [3.63, 3.8) is 0 Å². The van der Waals surface area contributed by atoms with Gasteiger partial charge in [-0.25, -0.2) is 8.42 Å². The molecule has 5 heteroatoms. The van der Waals surface area contributed by atoms with Crippen molar-refractivity contribution >= 4 is 9.84 Å². The fourth-order valence-electron chi connectivity index (χ4n) is 1.51. The minimum atomic E-state index is -3.11. The van der Waals surface area contributed by atoms with Gasteiger partial charge in [0.05, 0.1) is 23.7 Å². The van der Waals surface area contributed by atoms with Crippen molar-refractivity contribution in [2.24, 2.45) is 5.41 Å². The second kappa shape index (κ2) is 2.93. The van der Waals surface area contributed by atoms with E-state index < -0.39 is 20.9 Å². The summed E-state index contributed by atoms with van der Waals surface area (Å²) in [6, 6.07) is 0. The molecule has 0 aromatic heterocycles. The molecular formula is C8H16O4S. The van der Waals surface area contributed by atoms with Crippen molar-refractivity contribution in [3.8, 4) is 0 Å². The van der Waals surface area contributed by atoms with E-state index in [1.807, 2.05) is 0 Å². The van der Waals surface area contributed by atoms with Crippen LogP contribution in [0.1, 0.15) is 20.3 Å². The van der Waals surface area contributed by atoms with E-state index in [1.54, 1.807) is 13.8 Å². The molecule has 0 spiro atoms. The molecule has 4 nitrogen and oxygen atoms in total. The summed E-state index contributed by atoms with van der Waals surface area (Å²) in [4.78, 5) is 0. The third-order valence-electron chi connectivity index (χ3n) is 2.94. The summed E-state index contributed by atoms with van der Waals surface area (Å²) < 4.78 is 22.3. The third-order valence-corrected chi connectivity index (χ3v) is 4.68. The molecule has 0 aromatic rings. The highest BCUT2D eigenvalue weighted by Gasteiger charge is 2.50. The number of rotatable bonds is 2. The summed E-state index contributed by atoms with van der Waals surface area (Å²) in [6.07, 6.45) is 0.225. The lowest BCUT2D eigenvalue weighted by Crippen LogP contribution is -2.47. The molecule has 0 radical (unpaired) electrons. The topological polar surface area (TPSA) is 74.6 Å². The zero-order valence-corrected chi connectivity index (χ0v) is 8.76. The second-order valence-corrected chi connectivity index (χ2v) is 6.60. The van der Waals surface area contributed by atoms with Gasteiger partial charge in [0, 0.05) is 5.41 Å². The van der Waals surface area contributed by atoms with Crippen LogP contribution in [0.2, 0.25) is 0 Å². The van der Waals surface area contributed by atoms with Gasteiger partial charge in [0.25, 0.3) is 0 Å². The molecule has 13 heavy (non-hydrogen) atoms. The zero-order valence-electron chi connectivity index (χ0n) is 7.95. The molecule has 0 saturated carbocycles. The molecule has 1 atom stereocenters.